The first-order chi connectivity index (χ1) is 6.77. The molecular formula is C11H14N2O. The van der Waals surface area contributed by atoms with Crippen LogP contribution in [0.15, 0.2) is 24.3 Å². The van der Waals surface area contributed by atoms with Crippen LogP contribution in [-0.4, -0.2) is 19.0 Å². The fourth-order valence-corrected chi connectivity index (χ4v) is 1.63. The smallest absolute Gasteiger partial charge is 0.241 e. The lowest BCUT2D eigenvalue weighted by atomic mass is 10.0. The van der Waals surface area contributed by atoms with Crippen LogP contribution in [0, 0.1) is 6.92 Å². The average Bonchev–Trinajstić information content (AvgIpc) is 2.20. The molecule has 0 aromatic heterocycles. The van der Waals surface area contributed by atoms with E-state index >= 15 is 0 Å². The second kappa shape index (κ2) is 3.80. The summed E-state index contributed by atoms with van der Waals surface area (Å²) in [7, 11) is 0. The van der Waals surface area contributed by atoms with Crippen molar-refractivity contribution in [3.63, 3.8) is 0 Å². The topological polar surface area (TPSA) is 41.1 Å². The van der Waals surface area contributed by atoms with Gasteiger partial charge in [-0.1, -0.05) is 29.8 Å². The molecule has 0 radical (unpaired) electrons. The summed E-state index contributed by atoms with van der Waals surface area (Å²) in [6, 6.07) is 7.87. The lowest BCUT2D eigenvalue weighted by Crippen LogP contribution is -2.47. The van der Waals surface area contributed by atoms with Crippen LogP contribution >= 0.6 is 0 Å². The van der Waals surface area contributed by atoms with Gasteiger partial charge in [-0.25, -0.2) is 0 Å². The molecule has 2 N–H and O–H groups in total. The van der Waals surface area contributed by atoms with Crippen LogP contribution in [0.2, 0.25) is 0 Å². The van der Waals surface area contributed by atoms with Gasteiger partial charge in [-0.15, -0.1) is 0 Å². The lowest BCUT2D eigenvalue weighted by Gasteiger charge is -2.23. The van der Waals surface area contributed by atoms with E-state index in [2.05, 4.69) is 10.6 Å². The standard InChI is InChI=1S/C11H14N2O/c1-8-2-4-9(5-3-8)10-11(14)13-7-6-12-10/h2-5,10,12H,6-7H2,1H3,(H,13,14). The molecule has 0 aliphatic carbocycles. The van der Waals surface area contributed by atoms with Gasteiger partial charge >= 0.3 is 0 Å². The number of nitrogens with one attached hydrogen (secondary N) is 2. The molecule has 74 valence electrons. The fourth-order valence-electron chi connectivity index (χ4n) is 1.63. The van der Waals surface area contributed by atoms with E-state index in [1.807, 2.05) is 31.2 Å². The summed E-state index contributed by atoms with van der Waals surface area (Å²) >= 11 is 0. The van der Waals surface area contributed by atoms with E-state index in [1.54, 1.807) is 0 Å². The van der Waals surface area contributed by atoms with Crippen LogP contribution in [0.5, 0.6) is 0 Å². The Morgan fingerprint density at radius 3 is 2.57 bits per heavy atom. The van der Waals surface area contributed by atoms with Gasteiger partial charge in [-0.05, 0) is 12.5 Å². The Morgan fingerprint density at radius 2 is 1.93 bits per heavy atom. The molecule has 1 aromatic carbocycles. The van der Waals surface area contributed by atoms with Gasteiger partial charge in [0.2, 0.25) is 5.91 Å². The van der Waals surface area contributed by atoms with Gasteiger partial charge < -0.3 is 10.6 Å². The Labute approximate surface area is 83.5 Å². The van der Waals surface area contributed by atoms with Crippen LogP contribution < -0.4 is 10.6 Å². The second-order valence-electron chi connectivity index (χ2n) is 3.59. The minimum Gasteiger partial charge on any atom is -0.353 e. The number of carbonyl (C=O) groups excluding carboxylic acids is 1. The van der Waals surface area contributed by atoms with Crippen molar-refractivity contribution in [2.75, 3.05) is 13.1 Å². The Morgan fingerprint density at radius 1 is 1.21 bits per heavy atom. The third-order valence-corrected chi connectivity index (χ3v) is 2.45. The highest BCUT2D eigenvalue weighted by Crippen LogP contribution is 2.15. The molecule has 1 atom stereocenters. The van der Waals surface area contributed by atoms with Gasteiger partial charge in [-0.2, -0.15) is 0 Å². The van der Waals surface area contributed by atoms with E-state index in [1.165, 1.54) is 5.56 Å². The van der Waals surface area contributed by atoms with Crippen molar-refractivity contribution in [3.05, 3.63) is 35.4 Å². The predicted octanol–water partition coefficient (Wildman–Crippen LogP) is 0.756. The number of hydrogen-bond acceptors (Lipinski definition) is 2. The van der Waals surface area contributed by atoms with E-state index in [-0.39, 0.29) is 11.9 Å². The Balaban J connectivity index is 2.20. The summed E-state index contributed by atoms with van der Waals surface area (Å²) in [4.78, 5) is 11.5. The Hall–Kier alpha value is -1.35. The summed E-state index contributed by atoms with van der Waals surface area (Å²) in [6.07, 6.45) is 0. The summed E-state index contributed by atoms with van der Waals surface area (Å²) in [6.45, 7) is 3.60. The minimum absolute atomic E-state index is 0.0695. The van der Waals surface area contributed by atoms with Crippen molar-refractivity contribution in [1.29, 1.82) is 0 Å². The number of amides is 1. The van der Waals surface area contributed by atoms with Crippen molar-refractivity contribution in [3.8, 4) is 0 Å². The second-order valence-corrected chi connectivity index (χ2v) is 3.59. The summed E-state index contributed by atoms with van der Waals surface area (Å²) < 4.78 is 0. The summed E-state index contributed by atoms with van der Waals surface area (Å²) in [5, 5.41) is 6.04. The normalized spacial score (nSPS) is 21.8. The molecular weight excluding hydrogens is 176 g/mol. The first-order valence-corrected chi connectivity index (χ1v) is 4.85. The molecule has 1 heterocycles. The van der Waals surface area contributed by atoms with Crippen molar-refractivity contribution in [2.45, 2.75) is 13.0 Å². The number of hydrogen-bond donors (Lipinski definition) is 2. The molecule has 2 rings (SSSR count). The monoisotopic (exact) mass is 190 g/mol. The summed E-state index contributed by atoms with van der Waals surface area (Å²) in [5.41, 5.74) is 2.25. The quantitative estimate of drug-likeness (QED) is 0.686. The summed E-state index contributed by atoms with van der Waals surface area (Å²) in [5.74, 6) is 0.0695. The first-order valence-electron chi connectivity index (χ1n) is 4.85. The molecule has 0 spiro atoms. The third-order valence-electron chi connectivity index (χ3n) is 2.45. The molecule has 1 aromatic rings. The van der Waals surface area contributed by atoms with Crippen LogP contribution in [0.4, 0.5) is 0 Å². The van der Waals surface area contributed by atoms with Crippen molar-refractivity contribution >= 4 is 5.91 Å². The van der Waals surface area contributed by atoms with Crippen molar-refractivity contribution < 1.29 is 4.79 Å². The molecule has 1 fully saturated rings. The van der Waals surface area contributed by atoms with E-state index in [4.69, 9.17) is 0 Å². The highest BCUT2D eigenvalue weighted by atomic mass is 16.2. The zero-order chi connectivity index (χ0) is 9.97. The maximum absolute atomic E-state index is 11.5. The molecule has 14 heavy (non-hydrogen) atoms. The molecule has 3 heteroatoms. The molecule has 1 unspecified atom stereocenters. The van der Waals surface area contributed by atoms with Crippen LogP contribution in [0.1, 0.15) is 17.2 Å². The number of piperazine rings is 1. The van der Waals surface area contributed by atoms with Gasteiger partial charge in [-0.3, -0.25) is 4.79 Å². The highest BCUT2D eigenvalue weighted by Gasteiger charge is 2.22. The number of aryl methyl sites for hydroxylation is 1. The van der Waals surface area contributed by atoms with Crippen LogP contribution in [0.3, 0.4) is 0 Å². The van der Waals surface area contributed by atoms with Gasteiger partial charge in [0.05, 0.1) is 0 Å². The van der Waals surface area contributed by atoms with E-state index in [0.717, 1.165) is 18.7 Å². The van der Waals surface area contributed by atoms with Crippen molar-refractivity contribution in [1.82, 2.24) is 10.6 Å². The highest BCUT2D eigenvalue weighted by molar-refractivity contribution is 5.83. The first kappa shape index (κ1) is 9.21. The van der Waals surface area contributed by atoms with Crippen LogP contribution in [0.25, 0.3) is 0 Å². The molecule has 0 saturated carbocycles. The van der Waals surface area contributed by atoms with Gasteiger partial charge in [0.1, 0.15) is 6.04 Å². The maximum Gasteiger partial charge on any atom is 0.241 e. The van der Waals surface area contributed by atoms with E-state index in [9.17, 15) is 4.79 Å². The van der Waals surface area contributed by atoms with E-state index < -0.39 is 0 Å². The minimum atomic E-state index is -0.177. The van der Waals surface area contributed by atoms with Crippen LogP contribution in [-0.2, 0) is 4.79 Å². The molecule has 1 amide bonds. The van der Waals surface area contributed by atoms with Gasteiger partial charge in [0.15, 0.2) is 0 Å². The van der Waals surface area contributed by atoms with Gasteiger partial charge in [0.25, 0.3) is 0 Å². The SMILES string of the molecule is Cc1ccc(C2NCCNC2=O)cc1. The zero-order valence-corrected chi connectivity index (χ0v) is 8.21. The maximum atomic E-state index is 11.5. The number of rotatable bonds is 1. The average molecular weight is 190 g/mol. The van der Waals surface area contributed by atoms with Crippen molar-refractivity contribution in [2.24, 2.45) is 0 Å². The van der Waals surface area contributed by atoms with E-state index in [0.29, 0.717) is 0 Å². The molecule has 3 nitrogen and oxygen atoms in total. The third kappa shape index (κ3) is 1.77. The Kier molecular flexibility index (Phi) is 2.50. The fraction of sp³-hybridized carbons (Fsp3) is 0.364. The Bertz CT molecular complexity index is 332. The molecule has 1 aliphatic heterocycles. The molecule has 1 aliphatic rings. The largest absolute Gasteiger partial charge is 0.353 e. The predicted molar refractivity (Wildman–Crippen MR) is 54.9 cm³/mol. The molecule has 0 bridgehead atoms. The zero-order valence-electron chi connectivity index (χ0n) is 8.21. The number of carbonyl (C=O) groups is 1. The number of benzene rings is 1. The lowest BCUT2D eigenvalue weighted by molar-refractivity contribution is -0.124. The van der Waals surface area contributed by atoms with Gasteiger partial charge in [0, 0.05) is 13.1 Å². The molecule has 1 saturated heterocycles.